The van der Waals surface area contributed by atoms with Crippen LogP contribution in [0.3, 0.4) is 0 Å². The molecule has 0 amide bonds. The highest BCUT2D eigenvalue weighted by atomic mass is 14.4. The average Bonchev–Trinajstić information content (AvgIpc) is 2.95. The third-order valence-electron chi connectivity index (χ3n) is 8.02. The standard InChI is InChI=1S/C37H42/c1-25-31(27-17-15-26(16-18-27)28-11-9-12-30(23-28)35(2,3)4)13-10-14-32(25)29-19-20-33-34(24-29)37(7,8)22-21-36(33,5)6/h9-20,23-24H,21-22H2,1-8H3/i9D,11D,12D,15D,16D,17D,18D,23D. The summed E-state index contributed by atoms with van der Waals surface area (Å²) in [4.78, 5) is 0. The monoisotopic (exact) mass is 494 g/mol. The fraction of sp³-hybridized carbons (Fsp3) is 0.351. The Bertz CT molecular complexity index is 1850. The van der Waals surface area contributed by atoms with Gasteiger partial charge in [-0.15, -0.1) is 0 Å². The van der Waals surface area contributed by atoms with Gasteiger partial charge in [-0.3, -0.25) is 0 Å². The molecule has 0 N–H and O–H groups in total. The van der Waals surface area contributed by atoms with E-state index in [1.54, 1.807) is 0 Å². The molecule has 0 saturated heterocycles. The summed E-state index contributed by atoms with van der Waals surface area (Å²) in [5, 5.41) is 0. The van der Waals surface area contributed by atoms with E-state index >= 15 is 0 Å². The molecule has 4 aromatic carbocycles. The van der Waals surface area contributed by atoms with Gasteiger partial charge in [-0.1, -0.05) is 133 Å². The quantitative estimate of drug-likeness (QED) is 0.266. The minimum Gasteiger partial charge on any atom is -0.0614 e. The molecule has 37 heavy (non-hydrogen) atoms. The maximum atomic E-state index is 9.07. The zero-order chi connectivity index (χ0) is 33.5. The highest BCUT2D eigenvalue weighted by Gasteiger charge is 2.37. The fourth-order valence-corrected chi connectivity index (χ4v) is 5.39. The molecule has 0 radical (unpaired) electrons. The molecule has 0 unspecified atom stereocenters. The third kappa shape index (κ3) is 4.79. The molecule has 0 saturated carbocycles. The fourth-order valence-electron chi connectivity index (χ4n) is 5.39. The average molecular weight is 495 g/mol. The number of hydrogen-bond donors (Lipinski definition) is 0. The van der Waals surface area contributed by atoms with Gasteiger partial charge in [0, 0.05) is 0 Å². The van der Waals surface area contributed by atoms with E-state index in [9.17, 15) is 0 Å². The van der Waals surface area contributed by atoms with E-state index in [2.05, 4.69) is 45.9 Å². The molecule has 0 bridgehead atoms. The van der Waals surface area contributed by atoms with Crippen molar-refractivity contribution in [2.75, 3.05) is 0 Å². The van der Waals surface area contributed by atoms with Crippen molar-refractivity contribution < 1.29 is 11.0 Å². The summed E-state index contributed by atoms with van der Waals surface area (Å²) in [5.74, 6) is 0. The van der Waals surface area contributed by atoms with Gasteiger partial charge in [0.1, 0.15) is 0 Å². The lowest BCUT2D eigenvalue weighted by Gasteiger charge is -2.42. The molecule has 0 atom stereocenters. The van der Waals surface area contributed by atoms with Crippen LogP contribution in [0.2, 0.25) is 0 Å². The van der Waals surface area contributed by atoms with Crippen molar-refractivity contribution in [3.05, 3.63) is 107 Å². The van der Waals surface area contributed by atoms with Crippen LogP contribution in [0.4, 0.5) is 0 Å². The van der Waals surface area contributed by atoms with Crippen LogP contribution in [0.1, 0.15) is 94.5 Å². The van der Waals surface area contributed by atoms with E-state index in [-0.39, 0.29) is 69.3 Å². The number of benzene rings is 4. The van der Waals surface area contributed by atoms with Crippen LogP contribution in [0, 0.1) is 6.92 Å². The molecule has 0 spiro atoms. The van der Waals surface area contributed by atoms with Crippen molar-refractivity contribution >= 4 is 0 Å². The second-order valence-electron chi connectivity index (χ2n) is 12.8. The zero-order valence-electron chi connectivity index (χ0n) is 31.4. The molecular formula is C37H42. The summed E-state index contributed by atoms with van der Waals surface area (Å²) in [6.07, 6.45) is 2.21. The van der Waals surface area contributed by atoms with Crippen LogP contribution in [-0.4, -0.2) is 0 Å². The predicted octanol–water partition coefficient (Wildman–Crippen LogP) is 10.6. The second kappa shape index (κ2) is 9.02. The van der Waals surface area contributed by atoms with Gasteiger partial charge < -0.3 is 0 Å². The summed E-state index contributed by atoms with van der Waals surface area (Å²) in [6.45, 7) is 16.5. The van der Waals surface area contributed by atoms with Gasteiger partial charge in [-0.05, 0) is 91.6 Å². The number of fused-ring (bicyclic) bond motifs is 1. The number of rotatable bonds is 3. The van der Waals surface area contributed by atoms with Gasteiger partial charge in [0.05, 0.1) is 11.0 Å². The summed E-state index contributed by atoms with van der Waals surface area (Å²) in [6, 6.07) is 9.81. The van der Waals surface area contributed by atoms with Gasteiger partial charge in [-0.25, -0.2) is 0 Å². The molecule has 190 valence electrons. The molecule has 0 fully saturated rings. The Morgan fingerprint density at radius 3 is 1.92 bits per heavy atom. The topological polar surface area (TPSA) is 0 Å². The van der Waals surface area contributed by atoms with Gasteiger partial charge in [0.2, 0.25) is 0 Å². The van der Waals surface area contributed by atoms with Gasteiger partial charge in [-0.2, -0.15) is 0 Å². The highest BCUT2D eigenvalue weighted by molar-refractivity contribution is 5.80. The van der Waals surface area contributed by atoms with E-state index in [1.807, 2.05) is 45.9 Å². The van der Waals surface area contributed by atoms with Crippen LogP contribution in [-0.2, 0) is 16.2 Å². The van der Waals surface area contributed by atoms with Gasteiger partial charge in [0.25, 0.3) is 0 Å². The van der Waals surface area contributed by atoms with Crippen molar-refractivity contribution in [1.82, 2.24) is 0 Å². The first kappa shape index (κ1) is 17.4. The maximum Gasteiger partial charge on any atom is 0.0632 e. The Hall–Kier alpha value is -3.12. The Morgan fingerprint density at radius 1 is 0.676 bits per heavy atom. The molecule has 4 aromatic rings. The van der Waals surface area contributed by atoms with E-state index in [0.29, 0.717) is 5.56 Å². The Kier molecular flexibility index (Phi) is 4.24. The normalized spacial score (nSPS) is 19.4. The SMILES string of the molecule is [2H]c1c([2H])c(-c2c([2H])c([2H])c(-c3cccc(-c4ccc5c(c4)C(C)(C)CCC5(C)C)c3C)c([2H])c2[2H])c([2H])c(C(C)(C)C)c1[2H]. The maximum absolute atomic E-state index is 9.07. The number of hydrogen-bond acceptors (Lipinski definition) is 0. The van der Waals surface area contributed by atoms with Crippen LogP contribution in [0.15, 0.2) is 84.7 Å². The lowest BCUT2D eigenvalue weighted by Crippen LogP contribution is -2.33. The van der Waals surface area contributed by atoms with Crippen LogP contribution in [0.5, 0.6) is 0 Å². The smallest absolute Gasteiger partial charge is 0.0614 e. The molecule has 0 aromatic heterocycles. The summed E-state index contributed by atoms with van der Waals surface area (Å²) in [7, 11) is 0. The summed E-state index contributed by atoms with van der Waals surface area (Å²) < 4.78 is 70.6. The first-order chi connectivity index (χ1) is 20.7. The van der Waals surface area contributed by atoms with Crippen molar-refractivity contribution in [3.63, 3.8) is 0 Å². The zero-order valence-corrected chi connectivity index (χ0v) is 23.4. The summed E-state index contributed by atoms with van der Waals surface area (Å²) >= 11 is 0. The van der Waals surface area contributed by atoms with Crippen LogP contribution < -0.4 is 0 Å². The third-order valence-corrected chi connectivity index (χ3v) is 8.02. The summed E-state index contributed by atoms with van der Waals surface area (Å²) in [5.41, 5.74) is 5.58. The minimum atomic E-state index is -0.705. The molecule has 1 aliphatic carbocycles. The minimum absolute atomic E-state index is 0.0302. The van der Waals surface area contributed by atoms with Crippen molar-refractivity contribution in [2.45, 2.75) is 84.5 Å². The van der Waals surface area contributed by atoms with E-state index < -0.39 is 17.5 Å². The van der Waals surface area contributed by atoms with E-state index in [4.69, 9.17) is 11.0 Å². The molecule has 1 aliphatic rings. The van der Waals surface area contributed by atoms with Gasteiger partial charge >= 0.3 is 0 Å². The van der Waals surface area contributed by atoms with E-state index in [1.165, 1.54) is 11.1 Å². The van der Waals surface area contributed by atoms with Crippen molar-refractivity contribution in [1.29, 1.82) is 0 Å². The molecular weight excluding hydrogens is 444 g/mol. The van der Waals surface area contributed by atoms with Crippen molar-refractivity contribution in [3.8, 4) is 33.4 Å². The van der Waals surface area contributed by atoms with Crippen LogP contribution in [0.25, 0.3) is 33.4 Å². The predicted molar refractivity (Wildman–Crippen MR) is 161 cm³/mol. The van der Waals surface area contributed by atoms with Crippen molar-refractivity contribution in [2.24, 2.45) is 0 Å². The highest BCUT2D eigenvalue weighted by Crippen LogP contribution is 2.47. The Morgan fingerprint density at radius 2 is 1.27 bits per heavy atom. The first-order valence-corrected chi connectivity index (χ1v) is 13.2. The lowest BCUT2D eigenvalue weighted by atomic mass is 9.63. The molecule has 0 aliphatic heterocycles. The van der Waals surface area contributed by atoms with Crippen LogP contribution >= 0.6 is 0 Å². The Labute approximate surface area is 236 Å². The first-order valence-electron chi connectivity index (χ1n) is 17.2. The van der Waals surface area contributed by atoms with Gasteiger partial charge in [0.15, 0.2) is 0 Å². The lowest BCUT2D eigenvalue weighted by molar-refractivity contribution is 0.332. The molecule has 0 heterocycles. The molecule has 5 rings (SSSR count). The molecule has 0 heteroatoms. The largest absolute Gasteiger partial charge is 0.0632 e. The van der Waals surface area contributed by atoms with E-state index in [0.717, 1.165) is 29.5 Å². The Balaban J connectivity index is 1.73. The second-order valence-corrected chi connectivity index (χ2v) is 12.8. The molecule has 0 nitrogen and oxygen atoms in total.